The van der Waals surface area contributed by atoms with Crippen molar-refractivity contribution in [1.29, 1.82) is 0 Å². The van der Waals surface area contributed by atoms with E-state index < -0.39 is 0 Å². The molecule has 0 aliphatic heterocycles. The van der Waals surface area contributed by atoms with Crippen molar-refractivity contribution in [2.75, 3.05) is 26.0 Å². The quantitative estimate of drug-likeness (QED) is 0.458. The fourth-order valence-electron chi connectivity index (χ4n) is 3.75. The van der Waals surface area contributed by atoms with Gasteiger partial charge in [-0.1, -0.05) is 47.5 Å². The van der Waals surface area contributed by atoms with Crippen LogP contribution in [0.1, 0.15) is 32.6 Å². The van der Waals surface area contributed by atoms with Crippen LogP contribution < -0.4 is 14.8 Å². The highest BCUT2D eigenvalue weighted by molar-refractivity contribution is 6.31. The molecule has 0 aromatic heterocycles. The summed E-state index contributed by atoms with van der Waals surface area (Å²) in [7, 11) is 3.10. The van der Waals surface area contributed by atoms with Gasteiger partial charge in [-0.05, 0) is 56.2 Å². The number of carbonyl (C=O) groups excluding carboxylic acids is 2. The average molecular weight is 481 g/mol. The van der Waals surface area contributed by atoms with Crippen molar-refractivity contribution in [3.05, 3.63) is 87.4 Å². The first kappa shape index (κ1) is 25.1. The third-order valence-electron chi connectivity index (χ3n) is 5.42. The molecule has 0 radical (unpaired) electrons. The molecule has 0 fully saturated rings. The number of methoxy groups -OCH3 is 1. The van der Waals surface area contributed by atoms with Gasteiger partial charge in [-0.15, -0.1) is 0 Å². The molecule has 6 nitrogen and oxygen atoms in total. The zero-order chi connectivity index (χ0) is 24.8. The standard InChI is InChI=1S/C27H29ClN2O4/c1-17-12-18(2)26(19(3)13-17)29-25(31)15-30(4)27(32)20-10-11-23(24(14-20)33-5)34-16-21-8-6-7-9-22(21)28/h6-14H,15-16H2,1-5H3,(H,29,31). The molecule has 0 unspecified atom stereocenters. The summed E-state index contributed by atoms with van der Waals surface area (Å²) >= 11 is 6.19. The van der Waals surface area contributed by atoms with Gasteiger partial charge in [0.25, 0.3) is 5.91 Å². The van der Waals surface area contributed by atoms with E-state index in [1.54, 1.807) is 31.3 Å². The van der Waals surface area contributed by atoms with E-state index in [-0.39, 0.29) is 25.0 Å². The molecule has 178 valence electrons. The molecular formula is C27H29ClN2O4. The van der Waals surface area contributed by atoms with Crippen molar-refractivity contribution in [2.45, 2.75) is 27.4 Å². The number of likely N-dealkylation sites (N-methyl/N-ethyl adjacent to an activating group) is 1. The van der Waals surface area contributed by atoms with Crippen LogP contribution in [0.25, 0.3) is 0 Å². The van der Waals surface area contributed by atoms with Crippen LogP contribution in [0.15, 0.2) is 54.6 Å². The molecule has 1 N–H and O–H groups in total. The number of carbonyl (C=O) groups is 2. The Balaban J connectivity index is 1.66. The van der Waals surface area contributed by atoms with E-state index in [2.05, 4.69) is 5.32 Å². The van der Waals surface area contributed by atoms with E-state index in [0.29, 0.717) is 22.1 Å². The van der Waals surface area contributed by atoms with Crippen LogP contribution in [0.4, 0.5) is 5.69 Å². The van der Waals surface area contributed by atoms with Crippen LogP contribution in [0, 0.1) is 20.8 Å². The fourth-order valence-corrected chi connectivity index (χ4v) is 3.94. The van der Waals surface area contributed by atoms with Gasteiger partial charge in [-0.3, -0.25) is 9.59 Å². The molecule has 0 aliphatic carbocycles. The minimum atomic E-state index is -0.302. The summed E-state index contributed by atoms with van der Waals surface area (Å²) < 4.78 is 11.3. The number of benzene rings is 3. The average Bonchev–Trinajstić information content (AvgIpc) is 2.80. The monoisotopic (exact) mass is 480 g/mol. The number of nitrogens with one attached hydrogen (secondary N) is 1. The second-order valence-electron chi connectivity index (χ2n) is 8.23. The summed E-state index contributed by atoms with van der Waals surface area (Å²) in [6.45, 7) is 6.09. The van der Waals surface area contributed by atoms with Crippen LogP contribution >= 0.6 is 11.6 Å². The molecule has 0 aliphatic rings. The number of amides is 2. The van der Waals surface area contributed by atoms with Crippen molar-refractivity contribution in [3.63, 3.8) is 0 Å². The molecule has 0 bridgehead atoms. The molecule has 3 aromatic carbocycles. The Kier molecular flexibility index (Phi) is 8.18. The molecule has 7 heteroatoms. The Labute approximate surface area is 205 Å². The van der Waals surface area contributed by atoms with E-state index in [9.17, 15) is 9.59 Å². The van der Waals surface area contributed by atoms with Gasteiger partial charge in [0.05, 0.1) is 13.7 Å². The van der Waals surface area contributed by atoms with Crippen LogP contribution in [0.3, 0.4) is 0 Å². The first-order valence-electron chi connectivity index (χ1n) is 10.9. The Morgan fingerprint density at radius 1 is 0.971 bits per heavy atom. The van der Waals surface area contributed by atoms with Gasteiger partial charge in [-0.25, -0.2) is 0 Å². The Morgan fingerprint density at radius 2 is 1.65 bits per heavy atom. The van der Waals surface area contributed by atoms with Crippen molar-refractivity contribution in [2.24, 2.45) is 0 Å². The molecule has 2 amide bonds. The van der Waals surface area contributed by atoms with Gasteiger partial charge in [0.2, 0.25) is 5.91 Å². The lowest BCUT2D eigenvalue weighted by Crippen LogP contribution is -2.35. The molecule has 0 spiro atoms. The Morgan fingerprint density at radius 3 is 2.29 bits per heavy atom. The topological polar surface area (TPSA) is 67.9 Å². The lowest BCUT2D eigenvalue weighted by molar-refractivity contribution is -0.116. The van der Waals surface area contributed by atoms with E-state index in [4.69, 9.17) is 21.1 Å². The first-order chi connectivity index (χ1) is 16.2. The highest BCUT2D eigenvalue weighted by atomic mass is 35.5. The van der Waals surface area contributed by atoms with E-state index >= 15 is 0 Å². The zero-order valence-electron chi connectivity index (χ0n) is 20.1. The summed E-state index contributed by atoms with van der Waals surface area (Å²) in [5.41, 5.74) is 5.11. The maximum atomic E-state index is 12.9. The molecule has 3 aromatic rings. The van der Waals surface area contributed by atoms with Crippen LogP contribution in [-0.2, 0) is 11.4 Å². The summed E-state index contributed by atoms with van der Waals surface area (Å²) in [5.74, 6) is 0.340. The first-order valence-corrected chi connectivity index (χ1v) is 11.2. The Hall–Kier alpha value is -3.51. The number of hydrogen-bond acceptors (Lipinski definition) is 4. The van der Waals surface area contributed by atoms with Crippen molar-refractivity contribution < 1.29 is 19.1 Å². The number of nitrogens with zero attached hydrogens (tertiary/aromatic N) is 1. The Bertz CT molecular complexity index is 1190. The van der Waals surface area contributed by atoms with Gasteiger partial charge in [-0.2, -0.15) is 0 Å². The molecule has 0 saturated carbocycles. The number of ether oxygens (including phenoxy) is 2. The fraction of sp³-hybridized carbons (Fsp3) is 0.259. The summed E-state index contributed by atoms with van der Waals surface area (Å²) in [5, 5.41) is 3.54. The minimum Gasteiger partial charge on any atom is -0.493 e. The molecule has 34 heavy (non-hydrogen) atoms. The number of rotatable bonds is 8. The molecule has 0 saturated heterocycles. The molecular weight excluding hydrogens is 452 g/mol. The maximum Gasteiger partial charge on any atom is 0.254 e. The van der Waals surface area contributed by atoms with E-state index in [1.165, 1.54) is 12.0 Å². The van der Waals surface area contributed by atoms with E-state index in [0.717, 1.165) is 27.9 Å². The SMILES string of the molecule is COc1cc(C(=O)N(C)CC(=O)Nc2c(C)cc(C)cc2C)ccc1OCc1ccccc1Cl. The maximum absolute atomic E-state index is 12.9. The van der Waals surface area contributed by atoms with Gasteiger partial charge in [0.1, 0.15) is 6.61 Å². The van der Waals surface area contributed by atoms with Crippen LogP contribution in [0.2, 0.25) is 5.02 Å². The smallest absolute Gasteiger partial charge is 0.254 e. The number of anilines is 1. The highest BCUT2D eigenvalue weighted by Crippen LogP contribution is 2.30. The van der Waals surface area contributed by atoms with Gasteiger partial charge >= 0.3 is 0 Å². The number of aryl methyl sites for hydroxylation is 3. The van der Waals surface area contributed by atoms with Gasteiger partial charge < -0.3 is 19.7 Å². The minimum absolute atomic E-state index is 0.0847. The highest BCUT2D eigenvalue weighted by Gasteiger charge is 2.18. The summed E-state index contributed by atoms with van der Waals surface area (Å²) in [4.78, 5) is 26.9. The largest absolute Gasteiger partial charge is 0.493 e. The predicted molar refractivity (Wildman–Crippen MR) is 135 cm³/mol. The lowest BCUT2D eigenvalue weighted by atomic mass is 10.1. The molecule has 0 atom stereocenters. The summed E-state index contributed by atoms with van der Waals surface area (Å²) in [6.07, 6.45) is 0. The lowest BCUT2D eigenvalue weighted by Gasteiger charge is -2.19. The predicted octanol–water partition coefficient (Wildman–Crippen LogP) is 5.56. The normalized spacial score (nSPS) is 10.5. The van der Waals surface area contributed by atoms with Crippen LogP contribution in [-0.4, -0.2) is 37.4 Å². The van der Waals surface area contributed by atoms with Crippen molar-refractivity contribution in [3.8, 4) is 11.5 Å². The zero-order valence-corrected chi connectivity index (χ0v) is 20.8. The third kappa shape index (κ3) is 6.08. The second-order valence-corrected chi connectivity index (χ2v) is 8.64. The van der Waals surface area contributed by atoms with Crippen molar-refractivity contribution in [1.82, 2.24) is 4.90 Å². The van der Waals surface area contributed by atoms with Crippen LogP contribution in [0.5, 0.6) is 11.5 Å². The molecule has 0 heterocycles. The van der Waals surface area contributed by atoms with Gasteiger partial charge in [0, 0.05) is 28.9 Å². The third-order valence-corrected chi connectivity index (χ3v) is 5.79. The number of halogens is 1. The van der Waals surface area contributed by atoms with Gasteiger partial charge in [0.15, 0.2) is 11.5 Å². The van der Waals surface area contributed by atoms with Crippen molar-refractivity contribution >= 4 is 29.1 Å². The van der Waals surface area contributed by atoms with E-state index in [1.807, 2.05) is 51.1 Å². The summed E-state index contributed by atoms with van der Waals surface area (Å²) in [6, 6.07) is 16.4. The molecule has 3 rings (SSSR count). The number of hydrogen-bond donors (Lipinski definition) is 1. The second kappa shape index (κ2) is 11.1.